The van der Waals surface area contributed by atoms with Crippen LogP contribution in [-0.2, 0) is 4.74 Å². The molecule has 1 N–H and O–H groups in total. The van der Waals surface area contributed by atoms with Crippen molar-refractivity contribution in [2.75, 3.05) is 19.7 Å². The van der Waals surface area contributed by atoms with Crippen molar-refractivity contribution in [3.63, 3.8) is 0 Å². The molecule has 88 valence electrons. The van der Waals surface area contributed by atoms with Crippen LogP contribution in [0.3, 0.4) is 0 Å². The van der Waals surface area contributed by atoms with Crippen LogP contribution in [0.15, 0.2) is 23.0 Å². The van der Waals surface area contributed by atoms with Crippen molar-refractivity contribution < 1.29 is 9.26 Å². The fourth-order valence-electron chi connectivity index (χ4n) is 1.63. The van der Waals surface area contributed by atoms with Crippen molar-refractivity contribution in [1.82, 2.24) is 25.7 Å². The summed E-state index contributed by atoms with van der Waals surface area (Å²) < 4.78 is 10.7. The van der Waals surface area contributed by atoms with E-state index in [1.54, 1.807) is 18.5 Å². The molecule has 1 atom stereocenters. The molecule has 0 aromatic carbocycles. The van der Waals surface area contributed by atoms with Gasteiger partial charge in [0.2, 0.25) is 5.82 Å². The highest BCUT2D eigenvalue weighted by Crippen LogP contribution is 2.20. The van der Waals surface area contributed by atoms with Gasteiger partial charge in [-0.15, -0.1) is 0 Å². The van der Waals surface area contributed by atoms with E-state index >= 15 is 0 Å². The second-order valence-corrected chi connectivity index (χ2v) is 3.65. The lowest BCUT2D eigenvalue weighted by Crippen LogP contribution is -2.33. The van der Waals surface area contributed by atoms with Crippen LogP contribution in [0.5, 0.6) is 0 Å². The van der Waals surface area contributed by atoms with E-state index in [0.717, 1.165) is 12.1 Å². The minimum Gasteiger partial charge on any atom is -0.367 e. The molecule has 3 heterocycles. The van der Waals surface area contributed by atoms with Crippen molar-refractivity contribution in [2.45, 2.75) is 6.10 Å². The van der Waals surface area contributed by atoms with Gasteiger partial charge in [-0.3, -0.25) is 0 Å². The number of nitrogens with zero attached hydrogens (tertiary/aromatic N) is 4. The van der Waals surface area contributed by atoms with Crippen LogP contribution in [0.25, 0.3) is 11.5 Å². The second-order valence-electron chi connectivity index (χ2n) is 3.65. The molecular formula is C10H11N5O2. The molecule has 0 saturated carbocycles. The predicted molar refractivity (Wildman–Crippen MR) is 56.9 cm³/mol. The van der Waals surface area contributed by atoms with Gasteiger partial charge in [0, 0.05) is 13.1 Å². The van der Waals surface area contributed by atoms with E-state index in [-0.39, 0.29) is 6.10 Å². The van der Waals surface area contributed by atoms with Gasteiger partial charge in [-0.25, -0.2) is 0 Å². The Bertz CT molecular complexity index is 480. The number of rotatable bonds is 2. The lowest BCUT2D eigenvalue weighted by atomic mass is 10.3. The molecule has 1 fully saturated rings. The third-order valence-corrected chi connectivity index (χ3v) is 2.49. The summed E-state index contributed by atoms with van der Waals surface area (Å²) >= 11 is 0. The molecule has 1 aliphatic rings. The first kappa shape index (κ1) is 10.3. The molecule has 2 aromatic heterocycles. The van der Waals surface area contributed by atoms with E-state index in [4.69, 9.17) is 9.26 Å². The topological polar surface area (TPSA) is 86.0 Å². The second kappa shape index (κ2) is 4.56. The molecule has 3 rings (SSSR count). The van der Waals surface area contributed by atoms with E-state index in [2.05, 4.69) is 25.7 Å². The maximum Gasteiger partial charge on any atom is 0.259 e. The molecule has 0 radical (unpaired) electrons. The Hall–Kier alpha value is -1.86. The molecule has 0 aliphatic carbocycles. The zero-order valence-electron chi connectivity index (χ0n) is 9.04. The third kappa shape index (κ3) is 2.15. The fraction of sp³-hybridized carbons (Fsp3) is 0.400. The Morgan fingerprint density at radius 3 is 3.12 bits per heavy atom. The summed E-state index contributed by atoms with van der Waals surface area (Å²) in [6.45, 7) is 2.22. The summed E-state index contributed by atoms with van der Waals surface area (Å²) in [6, 6.07) is 1.77. The van der Waals surface area contributed by atoms with Crippen molar-refractivity contribution in [2.24, 2.45) is 0 Å². The van der Waals surface area contributed by atoms with Crippen LogP contribution >= 0.6 is 0 Å². The lowest BCUT2D eigenvalue weighted by Gasteiger charge is -2.20. The van der Waals surface area contributed by atoms with E-state index in [1.165, 1.54) is 0 Å². The Morgan fingerprint density at radius 1 is 1.35 bits per heavy atom. The molecule has 2 aromatic rings. The average molecular weight is 233 g/mol. The van der Waals surface area contributed by atoms with E-state index in [1.807, 2.05) is 0 Å². The minimum atomic E-state index is -0.143. The molecule has 1 saturated heterocycles. The van der Waals surface area contributed by atoms with Crippen LogP contribution in [0.2, 0.25) is 0 Å². The first-order valence-corrected chi connectivity index (χ1v) is 5.36. The first-order valence-electron chi connectivity index (χ1n) is 5.36. The highest BCUT2D eigenvalue weighted by atomic mass is 16.5. The predicted octanol–water partition coefficient (Wildman–Crippen LogP) is 0.187. The van der Waals surface area contributed by atoms with Gasteiger partial charge in [0.05, 0.1) is 24.6 Å². The summed E-state index contributed by atoms with van der Waals surface area (Å²) in [5.74, 6) is 0.994. The third-order valence-electron chi connectivity index (χ3n) is 2.49. The summed E-state index contributed by atoms with van der Waals surface area (Å²) in [6.07, 6.45) is 3.02. The SMILES string of the molecule is c1cc(-c2nc(C3CNCCO3)no2)cnn1. The van der Waals surface area contributed by atoms with Crippen molar-refractivity contribution in [3.8, 4) is 11.5 Å². The summed E-state index contributed by atoms with van der Waals surface area (Å²) in [5, 5.41) is 14.6. The highest BCUT2D eigenvalue weighted by Gasteiger charge is 2.21. The van der Waals surface area contributed by atoms with Gasteiger partial charge in [-0.1, -0.05) is 5.16 Å². The first-order chi connectivity index (χ1) is 8.43. The monoisotopic (exact) mass is 233 g/mol. The van der Waals surface area contributed by atoms with Crippen molar-refractivity contribution in [3.05, 3.63) is 24.3 Å². The van der Waals surface area contributed by atoms with E-state index < -0.39 is 0 Å². The van der Waals surface area contributed by atoms with Crippen LogP contribution in [0.4, 0.5) is 0 Å². The largest absolute Gasteiger partial charge is 0.367 e. The number of hydrogen-bond acceptors (Lipinski definition) is 7. The van der Waals surface area contributed by atoms with Gasteiger partial charge in [-0.2, -0.15) is 15.2 Å². The zero-order chi connectivity index (χ0) is 11.5. The molecule has 7 nitrogen and oxygen atoms in total. The van der Waals surface area contributed by atoms with Gasteiger partial charge < -0.3 is 14.6 Å². The number of ether oxygens (including phenoxy) is 1. The smallest absolute Gasteiger partial charge is 0.259 e. The fourth-order valence-corrected chi connectivity index (χ4v) is 1.63. The molecule has 1 unspecified atom stereocenters. The Labute approximate surface area is 97.2 Å². The zero-order valence-corrected chi connectivity index (χ0v) is 9.04. The average Bonchev–Trinajstić information content (AvgIpc) is 2.90. The summed E-state index contributed by atoms with van der Waals surface area (Å²) in [5.41, 5.74) is 0.752. The molecule has 7 heteroatoms. The molecule has 0 bridgehead atoms. The van der Waals surface area contributed by atoms with Crippen LogP contribution in [0, 0.1) is 0 Å². The quantitative estimate of drug-likeness (QED) is 0.792. The Kier molecular flexibility index (Phi) is 2.76. The lowest BCUT2D eigenvalue weighted by molar-refractivity contribution is 0.0208. The van der Waals surface area contributed by atoms with Crippen molar-refractivity contribution >= 4 is 0 Å². The van der Waals surface area contributed by atoms with E-state index in [0.29, 0.717) is 24.9 Å². The number of hydrogen-bond donors (Lipinski definition) is 1. The van der Waals surface area contributed by atoms with Crippen LogP contribution in [0.1, 0.15) is 11.9 Å². The van der Waals surface area contributed by atoms with Gasteiger partial charge in [-0.05, 0) is 6.07 Å². The van der Waals surface area contributed by atoms with Crippen LogP contribution in [-0.4, -0.2) is 40.0 Å². The van der Waals surface area contributed by atoms with E-state index in [9.17, 15) is 0 Å². The molecule has 1 aliphatic heterocycles. The summed E-state index contributed by atoms with van der Waals surface area (Å²) in [4.78, 5) is 4.29. The molecule has 0 amide bonds. The number of aromatic nitrogens is 4. The van der Waals surface area contributed by atoms with Gasteiger partial charge >= 0.3 is 0 Å². The van der Waals surface area contributed by atoms with Gasteiger partial charge in [0.25, 0.3) is 5.89 Å². The highest BCUT2D eigenvalue weighted by molar-refractivity contribution is 5.49. The summed E-state index contributed by atoms with van der Waals surface area (Å²) in [7, 11) is 0. The number of nitrogens with one attached hydrogen (secondary N) is 1. The Balaban J connectivity index is 1.83. The van der Waals surface area contributed by atoms with Crippen LogP contribution < -0.4 is 5.32 Å². The maximum absolute atomic E-state index is 5.54. The van der Waals surface area contributed by atoms with Gasteiger partial charge in [0.1, 0.15) is 6.10 Å². The number of morpholine rings is 1. The molecule has 17 heavy (non-hydrogen) atoms. The minimum absolute atomic E-state index is 0.143. The normalized spacial score (nSPS) is 20.4. The van der Waals surface area contributed by atoms with Crippen molar-refractivity contribution in [1.29, 1.82) is 0 Å². The molecule has 0 spiro atoms. The molecular weight excluding hydrogens is 222 g/mol. The Morgan fingerprint density at radius 2 is 2.35 bits per heavy atom. The van der Waals surface area contributed by atoms with Gasteiger partial charge in [0.15, 0.2) is 0 Å². The maximum atomic E-state index is 5.54. The standard InChI is InChI=1S/C10H11N5O2/c1-2-12-13-5-7(1)10-14-9(15-17-10)8-6-11-3-4-16-8/h1-2,5,8,11H,3-4,6H2.